The van der Waals surface area contributed by atoms with E-state index in [4.69, 9.17) is 19.9 Å². The molecule has 0 aromatic carbocycles. The van der Waals surface area contributed by atoms with Crippen molar-refractivity contribution in [2.24, 2.45) is 5.73 Å². The largest absolute Gasteiger partial charge is 0.382 e. The lowest BCUT2D eigenvalue weighted by Crippen LogP contribution is -2.27. The third-order valence-corrected chi connectivity index (χ3v) is 3.61. The molecule has 0 saturated carbocycles. The van der Waals surface area contributed by atoms with Crippen LogP contribution in [0.1, 0.15) is 13.3 Å². The van der Waals surface area contributed by atoms with Gasteiger partial charge in [0.15, 0.2) is 0 Å². The molecule has 0 heterocycles. The van der Waals surface area contributed by atoms with Crippen molar-refractivity contribution < 1.29 is 18.4 Å². The van der Waals surface area contributed by atoms with Crippen LogP contribution >= 0.6 is 0 Å². The van der Waals surface area contributed by atoms with Crippen molar-refractivity contribution in [3.8, 4) is 0 Å². The van der Waals surface area contributed by atoms with Gasteiger partial charge in [0.2, 0.25) is 0 Å². The summed E-state index contributed by atoms with van der Waals surface area (Å²) in [5, 5.41) is 0. The maximum absolute atomic E-state index is 11.5. The highest BCUT2D eigenvalue weighted by Gasteiger charge is 2.05. The van der Waals surface area contributed by atoms with E-state index in [1.54, 1.807) is 7.11 Å². The molecule has 5 nitrogen and oxygen atoms in total. The average molecular weight is 267 g/mol. The van der Waals surface area contributed by atoms with Gasteiger partial charge in [-0.1, -0.05) is 6.92 Å². The Morgan fingerprint density at radius 2 is 1.71 bits per heavy atom. The van der Waals surface area contributed by atoms with Gasteiger partial charge in [-0.15, -0.1) is 0 Å². The van der Waals surface area contributed by atoms with Crippen molar-refractivity contribution in [3.05, 3.63) is 0 Å². The zero-order valence-electron chi connectivity index (χ0n) is 10.9. The van der Waals surface area contributed by atoms with E-state index in [1.165, 1.54) is 0 Å². The molecular weight excluding hydrogens is 242 g/mol. The Bertz CT molecular complexity index is 192. The van der Waals surface area contributed by atoms with Crippen LogP contribution in [0.4, 0.5) is 0 Å². The predicted molar refractivity (Wildman–Crippen MR) is 69.7 cm³/mol. The van der Waals surface area contributed by atoms with E-state index in [9.17, 15) is 4.21 Å². The second kappa shape index (κ2) is 12.4. The first-order valence-corrected chi connectivity index (χ1v) is 7.44. The predicted octanol–water partition coefficient (Wildman–Crippen LogP) is 0.152. The van der Waals surface area contributed by atoms with E-state index in [2.05, 4.69) is 0 Å². The van der Waals surface area contributed by atoms with E-state index in [1.807, 2.05) is 6.92 Å². The lowest BCUT2D eigenvalue weighted by molar-refractivity contribution is 0.0285. The van der Waals surface area contributed by atoms with Gasteiger partial charge in [-0.2, -0.15) is 0 Å². The first-order chi connectivity index (χ1) is 8.20. The van der Waals surface area contributed by atoms with E-state index >= 15 is 0 Å². The maximum Gasteiger partial charge on any atom is 0.0701 e. The molecule has 0 aliphatic carbocycles. The molecule has 0 aliphatic rings. The van der Waals surface area contributed by atoms with Crippen LogP contribution < -0.4 is 5.73 Å². The summed E-state index contributed by atoms with van der Waals surface area (Å²) in [5.41, 5.74) is 5.71. The fraction of sp³-hybridized carbons (Fsp3) is 1.00. The zero-order chi connectivity index (χ0) is 12.9. The molecule has 0 aromatic rings. The number of hydrogen-bond acceptors (Lipinski definition) is 5. The summed E-state index contributed by atoms with van der Waals surface area (Å²) in [7, 11) is 0.764. The quantitative estimate of drug-likeness (QED) is 0.510. The van der Waals surface area contributed by atoms with Crippen LogP contribution in [0.3, 0.4) is 0 Å². The van der Waals surface area contributed by atoms with Gasteiger partial charge >= 0.3 is 0 Å². The minimum Gasteiger partial charge on any atom is -0.382 e. The van der Waals surface area contributed by atoms with Crippen molar-refractivity contribution in [3.63, 3.8) is 0 Å². The lowest BCUT2D eigenvalue weighted by Gasteiger charge is -2.08. The molecule has 0 amide bonds. The molecule has 6 heteroatoms. The molecule has 0 saturated heterocycles. The van der Waals surface area contributed by atoms with E-state index in [0.717, 1.165) is 6.42 Å². The molecule has 2 unspecified atom stereocenters. The molecule has 2 N–H and O–H groups in total. The SMILES string of the molecule is CCC(N)CS(=O)CCOCCOCCOC. The first-order valence-electron chi connectivity index (χ1n) is 5.95. The highest BCUT2D eigenvalue weighted by Crippen LogP contribution is 1.92. The number of methoxy groups -OCH3 is 1. The summed E-state index contributed by atoms with van der Waals surface area (Å²) in [6, 6.07) is 0.0354. The van der Waals surface area contributed by atoms with Gasteiger partial charge < -0.3 is 19.9 Å². The Labute approximate surface area is 106 Å². The molecule has 0 rings (SSSR count). The molecule has 0 spiro atoms. The van der Waals surface area contributed by atoms with Crippen LogP contribution in [0.15, 0.2) is 0 Å². The summed E-state index contributed by atoms with van der Waals surface area (Å²) in [5.74, 6) is 1.11. The topological polar surface area (TPSA) is 70.8 Å². The number of nitrogens with two attached hydrogens (primary N) is 1. The molecular formula is C11H25NO4S. The van der Waals surface area contributed by atoms with Gasteiger partial charge in [0.05, 0.1) is 33.0 Å². The van der Waals surface area contributed by atoms with Crippen molar-refractivity contribution >= 4 is 10.8 Å². The van der Waals surface area contributed by atoms with E-state index in [-0.39, 0.29) is 6.04 Å². The van der Waals surface area contributed by atoms with E-state index < -0.39 is 10.8 Å². The van der Waals surface area contributed by atoms with Gasteiger partial charge in [0, 0.05) is 35.5 Å². The maximum atomic E-state index is 11.5. The Balaban J connectivity index is 3.19. The van der Waals surface area contributed by atoms with Gasteiger partial charge in [0.25, 0.3) is 0 Å². The van der Waals surface area contributed by atoms with Crippen molar-refractivity contribution in [2.75, 3.05) is 51.6 Å². The highest BCUT2D eigenvalue weighted by atomic mass is 32.2. The molecule has 0 aromatic heterocycles. The van der Waals surface area contributed by atoms with E-state index in [0.29, 0.717) is 44.5 Å². The minimum absolute atomic E-state index is 0.0354. The third-order valence-electron chi connectivity index (χ3n) is 2.18. The smallest absolute Gasteiger partial charge is 0.0701 e. The monoisotopic (exact) mass is 267 g/mol. The molecule has 17 heavy (non-hydrogen) atoms. The molecule has 0 radical (unpaired) electrons. The van der Waals surface area contributed by atoms with Gasteiger partial charge in [0.1, 0.15) is 0 Å². The van der Waals surface area contributed by atoms with Crippen LogP contribution in [-0.4, -0.2) is 61.9 Å². The Morgan fingerprint density at radius 3 is 2.29 bits per heavy atom. The Kier molecular flexibility index (Phi) is 12.4. The second-order valence-electron chi connectivity index (χ2n) is 3.70. The molecule has 0 aliphatic heterocycles. The Morgan fingerprint density at radius 1 is 1.12 bits per heavy atom. The van der Waals surface area contributed by atoms with Crippen LogP contribution in [0, 0.1) is 0 Å². The molecule has 0 fully saturated rings. The van der Waals surface area contributed by atoms with Crippen molar-refractivity contribution in [1.82, 2.24) is 0 Å². The highest BCUT2D eigenvalue weighted by molar-refractivity contribution is 7.85. The Hall–Kier alpha value is -0.0100. The van der Waals surface area contributed by atoms with Crippen LogP contribution in [0.2, 0.25) is 0 Å². The summed E-state index contributed by atoms with van der Waals surface area (Å²) in [6.07, 6.45) is 0.861. The summed E-state index contributed by atoms with van der Waals surface area (Å²) in [6.45, 7) is 4.74. The van der Waals surface area contributed by atoms with Crippen LogP contribution in [0.5, 0.6) is 0 Å². The number of ether oxygens (including phenoxy) is 3. The number of rotatable bonds is 12. The average Bonchev–Trinajstić information content (AvgIpc) is 2.32. The van der Waals surface area contributed by atoms with Gasteiger partial charge in [-0.25, -0.2) is 0 Å². The van der Waals surface area contributed by atoms with Gasteiger partial charge in [-0.05, 0) is 6.42 Å². The van der Waals surface area contributed by atoms with Gasteiger partial charge in [-0.3, -0.25) is 4.21 Å². The molecule has 104 valence electrons. The van der Waals surface area contributed by atoms with Crippen molar-refractivity contribution in [2.45, 2.75) is 19.4 Å². The fourth-order valence-corrected chi connectivity index (χ4v) is 2.24. The number of hydrogen-bond donors (Lipinski definition) is 1. The first kappa shape index (κ1) is 17.0. The summed E-state index contributed by atoms with van der Waals surface area (Å²) in [4.78, 5) is 0. The molecule has 2 atom stereocenters. The summed E-state index contributed by atoms with van der Waals surface area (Å²) >= 11 is 0. The fourth-order valence-electron chi connectivity index (χ4n) is 1.06. The normalized spacial score (nSPS) is 14.8. The molecule has 0 bridgehead atoms. The minimum atomic E-state index is -0.871. The van der Waals surface area contributed by atoms with Crippen LogP contribution in [0.25, 0.3) is 0 Å². The summed E-state index contributed by atoms with van der Waals surface area (Å²) < 4.78 is 26.8. The lowest BCUT2D eigenvalue weighted by atomic mass is 10.3. The van der Waals surface area contributed by atoms with Crippen molar-refractivity contribution in [1.29, 1.82) is 0 Å². The standard InChI is InChI=1S/C11H25NO4S/c1-3-11(12)10-17(13)9-8-16-7-6-15-5-4-14-2/h11H,3-10,12H2,1-2H3. The second-order valence-corrected chi connectivity index (χ2v) is 5.32. The van der Waals surface area contributed by atoms with Crippen LogP contribution in [-0.2, 0) is 25.0 Å². The zero-order valence-corrected chi connectivity index (χ0v) is 11.7. The third kappa shape index (κ3) is 12.2.